The molecule has 0 radical (unpaired) electrons. The monoisotopic (exact) mass is 176 g/mol. The van der Waals surface area contributed by atoms with Crippen LogP contribution in [0, 0.1) is 6.92 Å². The van der Waals surface area contributed by atoms with Gasteiger partial charge >= 0.3 is 0 Å². The van der Waals surface area contributed by atoms with Gasteiger partial charge in [0.25, 0.3) is 0 Å². The molecule has 0 aliphatic rings. The van der Waals surface area contributed by atoms with Crippen LogP contribution < -0.4 is 5.73 Å². The number of aromatic nitrogens is 1. The molecule has 0 bridgehead atoms. The summed E-state index contributed by atoms with van der Waals surface area (Å²) < 4.78 is 4.64. The molecule has 4 nitrogen and oxygen atoms in total. The molecule has 5 heteroatoms. The summed E-state index contributed by atoms with van der Waals surface area (Å²) in [5.41, 5.74) is 5.77. The Hall–Kier alpha value is -0.870. The first-order valence-corrected chi connectivity index (χ1v) is 2.90. The average molecular weight is 177 g/mol. The Morgan fingerprint density at radius 1 is 1.82 bits per heavy atom. The predicted molar refractivity (Wildman–Crippen MR) is 41.9 cm³/mol. The number of nitrogens with zero attached hydrogens (tertiary/aromatic N) is 1. The fourth-order valence-electron chi connectivity index (χ4n) is 0.596. The van der Waals surface area contributed by atoms with Crippen LogP contribution in [0.25, 0.3) is 0 Å². The van der Waals surface area contributed by atoms with Gasteiger partial charge in [-0.2, -0.15) is 0 Å². The Balaban J connectivity index is 0.000001000. The lowest BCUT2D eigenvalue weighted by Gasteiger charge is -1.84. The maximum Gasteiger partial charge on any atom is 0.214 e. The van der Waals surface area contributed by atoms with Gasteiger partial charge in [-0.25, -0.2) is 0 Å². The van der Waals surface area contributed by atoms with Gasteiger partial charge in [0.15, 0.2) is 0 Å². The number of halogens is 1. The van der Waals surface area contributed by atoms with E-state index in [0.717, 1.165) is 0 Å². The fourth-order valence-corrected chi connectivity index (χ4v) is 0.596. The van der Waals surface area contributed by atoms with Crippen molar-refractivity contribution in [3.8, 4) is 0 Å². The highest BCUT2D eigenvalue weighted by molar-refractivity contribution is 5.94. The van der Waals surface area contributed by atoms with Crippen molar-refractivity contribution in [1.82, 2.24) is 5.16 Å². The van der Waals surface area contributed by atoms with E-state index in [9.17, 15) is 4.79 Å². The highest BCUT2D eigenvalue weighted by Crippen LogP contribution is 2.01. The smallest absolute Gasteiger partial charge is 0.214 e. The zero-order chi connectivity index (χ0) is 7.56. The van der Waals surface area contributed by atoms with Gasteiger partial charge in [0.1, 0.15) is 0 Å². The van der Waals surface area contributed by atoms with Crippen LogP contribution in [0.3, 0.4) is 0 Å². The van der Waals surface area contributed by atoms with Gasteiger partial charge in [0, 0.05) is 6.07 Å². The van der Waals surface area contributed by atoms with Crippen molar-refractivity contribution < 1.29 is 9.32 Å². The molecule has 2 N–H and O–H groups in total. The summed E-state index contributed by atoms with van der Waals surface area (Å²) in [5.74, 6) is 0.0144. The van der Waals surface area contributed by atoms with Crippen molar-refractivity contribution in [2.45, 2.75) is 6.92 Å². The van der Waals surface area contributed by atoms with Gasteiger partial charge in [-0.1, -0.05) is 5.16 Å². The number of aryl methyl sites for hydroxylation is 1. The topological polar surface area (TPSA) is 69.1 Å². The predicted octanol–water partition coefficient (Wildman–Crippen LogP) is 0.546. The van der Waals surface area contributed by atoms with Crippen LogP contribution in [0.2, 0.25) is 0 Å². The third-order valence-electron chi connectivity index (χ3n) is 1.09. The Kier molecular flexibility index (Phi) is 3.78. The highest BCUT2D eigenvalue weighted by atomic mass is 35.5. The number of hydrogen-bond donors (Lipinski definition) is 1. The first-order valence-electron chi connectivity index (χ1n) is 2.90. The number of nitrogens with two attached hydrogens (primary N) is 1. The number of rotatable bonds is 2. The SMILES string of the molecule is Cc1cc(C(=O)CN)on1.Cl. The van der Waals surface area contributed by atoms with E-state index in [0.29, 0.717) is 5.69 Å². The molecule has 0 aliphatic carbocycles. The molecule has 1 heterocycles. The van der Waals surface area contributed by atoms with Crippen LogP contribution in [-0.2, 0) is 0 Å². The molecule has 0 unspecified atom stereocenters. The molecule has 0 aromatic carbocycles. The number of carbonyl (C=O) groups is 1. The van der Waals surface area contributed by atoms with E-state index >= 15 is 0 Å². The average Bonchev–Trinajstić information content (AvgIpc) is 2.34. The number of Topliss-reactive ketones (excluding diaryl/α,β-unsaturated/α-hetero) is 1. The Labute approximate surface area is 70.1 Å². The summed E-state index contributed by atoms with van der Waals surface area (Å²) in [7, 11) is 0. The summed E-state index contributed by atoms with van der Waals surface area (Å²) in [6.45, 7) is 1.71. The van der Waals surface area contributed by atoms with Crippen LogP contribution in [0.4, 0.5) is 0 Å². The van der Waals surface area contributed by atoms with Gasteiger partial charge < -0.3 is 10.3 Å². The lowest BCUT2D eigenvalue weighted by atomic mass is 10.3. The Morgan fingerprint density at radius 2 is 2.45 bits per heavy atom. The summed E-state index contributed by atoms with van der Waals surface area (Å²) in [5, 5.41) is 3.53. The number of hydrogen-bond acceptors (Lipinski definition) is 4. The van der Waals surface area contributed by atoms with Crippen molar-refractivity contribution in [2.24, 2.45) is 5.73 Å². The fraction of sp³-hybridized carbons (Fsp3) is 0.333. The van der Waals surface area contributed by atoms with Crippen molar-refractivity contribution >= 4 is 18.2 Å². The zero-order valence-corrected chi connectivity index (χ0v) is 6.85. The van der Waals surface area contributed by atoms with E-state index in [1.54, 1.807) is 13.0 Å². The minimum absolute atomic E-state index is 0. The minimum Gasteiger partial charge on any atom is -0.353 e. The van der Waals surface area contributed by atoms with Crippen LogP contribution in [0.5, 0.6) is 0 Å². The summed E-state index contributed by atoms with van der Waals surface area (Å²) in [6, 6.07) is 1.56. The van der Waals surface area contributed by atoms with E-state index in [-0.39, 0.29) is 30.5 Å². The minimum atomic E-state index is -0.222. The van der Waals surface area contributed by atoms with Crippen molar-refractivity contribution in [3.05, 3.63) is 17.5 Å². The summed E-state index contributed by atoms with van der Waals surface area (Å²) >= 11 is 0. The summed E-state index contributed by atoms with van der Waals surface area (Å²) in [6.07, 6.45) is 0. The standard InChI is InChI=1S/C6H8N2O2.ClH/c1-4-2-6(10-8-4)5(9)3-7;/h2H,3,7H2,1H3;1H. The van der Waals surface area contributed by atoms with Gasteiger partial charge in [-0.3, -0.25) is 4.79 Å². The van der Waals surface area contributed by atoms with Gasteiger partial charge in [-0.15, -0.1) is 12.4 Å². The zero-order valence-electron chi connectivity index (χ0n) is 6.03. The number of carbonyl (C=O) groups excluding carboxylic acids is 1. The van der Waals surface area contributed by atoms with Crippen LogP contribution >= 0.6 is 12.4 Å². The molecule has 1 aromatic heterocycles. The maximum absolute atomic E-state index is 10.8. The van der Waals surface area contributed by atoms with Crippen molar-refractivity contribution in [1.29, 1.82) is 0 Å². The second-order valence-corrected chi connectivity index (χ2v) is 1.96. The molecule has 62 valence electrons. The Morgan fingerprint density at radius 3 is 2.82 bits per heavy atom. The molecule has 11 heavy (non-hydrogen) atoms. The molecular weight excluding hydrogens is 168 g/mol. The van der Waals surface area contributed by atoms with Crippen LogP contribution in [0.1, 0.15) is 16.2 Å². The van der Waals surface area contributed by atoms with E-state index in [2.05, 4.69) is 9.68 Å². The van der Waals surface area contributed by atoms with Crippen LogP contribution in [0.15, 0.2) is 10.6 Å². The summed E-state index contributed by atoms with van der Waals surface area (Å²) in [4.78, 5) is 10.8. The lowest BCUT2D eigenvalue weighted by molar-refractivity contribution is 0.0966. The largest absolute Gasteiger partial charge is 0.353 e. The normalized spacial score (nSPS) is 8.91. The molecule has 0 amide bonds. The van der Waals surface area contributed by atoms with E-state index in [1.807, 2.05) is 0 Å². The van der Waals surface area contributed by atoms with Gasteiger partial charge in [-0.05, 0) is 6.92 Å². The first-order chi connectivity index (χ1) is 4.74. The van der Waals surface area contributed by atoms with Gasteiger partial charge in [0.2, 0.25) is 11.5 Å². The van der Waals surface area contributed by atoms with Crippen LogP contribution in [-0.4, -0.2) is 17.5 Å². The quantitative estimate of drug-likeness (QED) is 0.668. The van der Waals surface area contributed by atoms with E-state index in [1.165, 1.54) is 0 Å². The first kappa shape index (κ1) is 10.1. The van der Waals surface area contributed by atoms with E-state index in [4.69, 9.17) is 5.73 Å². The molecule has 1 aromatic rings. The molecule has 0 fully saturated rings. The molecular formula is C6H9ClN2O2. The third-order valence-corrected chi connectivity index (χ3v) is 1.09. The van der Waals surface area contributed by atoms with Crippen molar-refractivity contribution in [2.75, 3.05) is 6.54 Å². The third kappa shape index (κ3) is 2.32. The molecule has 1 rings (SSSR count). The maximum atomic E-state index is 10.8. The molecule has 0 atom stereocenters. The second kappa shape index (κ2) is 4.10. The molecule has 0 spiro atoms. The van der Waals surface area contributed by atoms with Gasteiger partial charge in [0.05, 0.1) is 12.2 Å². The number of ketones is 1. The second-order valence-electron chi connectivity index (χ2n) is 1.96. The molecule has 0 aliphatic heterocycles. The molecule has 0 saturated heterocycles. The molecule has 0 saturated carbocycles. The Bertz CT molecular complexity index is 246. The highest BCUT2D eigenvalue weighted by Gasteiger charge is 2.07. The van der Waals surface area contributed by atoms with E-state index < -0.39 is 0 Å². The van der Waals surface area contributed by atoms with Crippen molar-refractivity contribution in [3.63, 3.8) is 0 Å². The lowest BCUT2D eigenvalue weighted by Crippen LogP contribution is -2.12.